The lowest BCUT2D eigenvalue weighted by Crippen LogP contribution is -2.39. The van der Waals surface area contributed by atoms with Crippen LogP contribution in [0, 0.1) is 0 Å². The monoisotopic (exact) mass is 278 g/mol. The summed E-state index contributed by atoms with van der Waals surface area (Å²) in [5, 5.41) is 0. The van der Waals surface area contributed by atoms with Gasteiger partial charge in [0.1, 0.15) is 5.75 Å². The normalized spacial score (nSPS) is 16.7. The van der Waals surface area contributed by atoms with Crippen LogP contribution in [0.1, 0.15) is 19.3 Å². The molecule has 1 aromatic heterocycles. The number of hydrogen-bond donors (Lipinski definition) is 1. The second kappa shape index (κ2) is 7.45. The van der Waals surface area contributed by atoms with E-state index < -0.39 is 0 Å². The summed E-state index contributed by atoms with van der Waals surface area (Å²) >= 11 is 0. The van der Waals surface area contributed by atoms with E-state index in [1.165, 1.54) is 0 Å². The highest BCUT2D eigenvalue weighted by atomic mass is 16.5. The molecule has 1 aliphatic rings. The molecule has 0 saturated carbocycles. The second-order valence-corrected chi connectivity index (χ2v) is 5.71. The summed E-state index contributed by atoms with van der Waals surface area (Å²) < 4.78 is 5.77. The van der Waals surface area contributed by atoms with Gasteiger partial charge in [-0.25, -0.2) is 0 Å². The van der Waals surface area contributed by atoms with Gasteiger partial charge in [0.05, 0.1) is 24.7 Å². The topological polar surface area (TPSA) is 54.6 Å². The molecule has 1 aliphatic heterocycles. The van der Waals surface area contributed by atoms with Gasteiger partial charge in [-0.1, -0.05) is 0 Å². The summed E-state index contributed by atoms with van der Waals surface area (Å²) in [4.78, 5) is 8.78. The maximum atomic E-state index is 5.94. The highest BCUT2D eigenvalue weighted by Crippen LogP contribution is 2.22. The van der Waals surface area contributed by atoms with Crippen molar-refractivity contribution in [2.45, 2.75) is 25.3 Å². The number of pyridine rings is 1. The molecule has 0 amide bonds. The van der Waals surface area contributed by atoms with E-state index in [1.807, 2.05) is 6.20 Å². The Bertz CT molecular complexity index is 403. The first kappa shape index (κ1) is 15.1. The number of nitrogens with zero attached hydrogens (tertiary/aromatic N) is 3. The van der Waals surface area contributed by atoms with Gasteiger partial charge >= 0.3 is 0 Å². The minimum Gasteiger partial charge on any atom is -0.492 e. The second-order valence-electron chi connectivity index (χ2n) is 5.71. The molecule has 0 bridgehead atoms. The van der Waals surface area contributed by atoms with Crippen LogP contribution in [-0.4, -0.2) is 56.3 Å². The summed E-state index contributed by atoms with van der Waals surface area (Å²) in [6.45, 7) is 3.78. The molecule has 2 N–H and O–H groups in total. The molecule has 0 aliphatic carbocycles. The zero-order chi connectivity index (χ0) is 14.4. The highest BCUT2D eigenvalue weighted by molar-refractivity contribution is 5.48. The van der Waals surface area contributed by atoms with E-state index in [2.05, 4.69) is 34.9 Å². The molecule has 1 fully saturated rings. The molecule has 0 atom stereocenters. The average molecular weight is 278 g/mol. The Labute approximate surface area is 121 Å². The first-order valence-electron chi connectivity index (χ1n) is 7.38. The molecule has 0 spiro atoms. The molecule has 0 radical (unpaired) electrons. The SMILES string of the molecule is CN(C)CCCOc1cncc(N2CCC(N)CC2)c1. The molecule has 20 heavy (non-hydrogen) atoms. The lowest BCUT2D eigenvalue weighted by molar-refractivity contribution is 0.281. The Hall–Kier alpha value is -1.33. The van der Waals surface area contributed by atoms with Gasteiger partial charge in [-0.3, -0.25) is 4.98 Å². The van der Waals surface area contributed by atoms with Crippen molar-refractivity contribution >= 4 is 5.69 Å². The van der Waals surface area contributed by atoms with Crippen molar-refractivity contribution in [3.8, 4) is 5.75 Å². The van der Waals surface area contributed by atoms with Crippen LogP contribution in [0.15, 0.2) is 18.5 Å². The van der Waals surface area contributed by atoms with Gasteiger partial charge in [0.15, 0.2) is 0 Å². The molecule has 1 aromatic rings. The minimum atomic E-state index is 0.352. The van der Waals surface area contributed by atoms with Crippen molar-refractivity contribution in [1.82, 2.24) is 9.88 Å². The molecule has 0 aromatic carbocycles. The third-order valence-corrected chi connectivity index (χ3v) is 3.62. The van der Waals surface area contributed by atoms with Crippen LogP contribution in [-0.2, 0) is 0 Å². The zero-order valence-electron chi connectivity index (χ0n) is 12.6. The Morgan fingerprint density at radius 3 is 2.80 bits per heavy atom. The van der Waals surface area contributed by atoms with Crippen molar-refractivity contribution < 1.29 is 4.74 Å². The third kappa shape index (κ3) is 4.65. The van der Waals surface area contributed by atoms with E-state index >= 15 is 0 Å². The largest absolute Gasteiger partial charge is 0.492 e. The maximum Gasteiger partial charge on any atom is 0.139 e. The van der Waals surface area contributed by atoms with Gasteiger partial charge in [-0.05, 0) is 33.4 Å². The predicted molar refractivity (Wildman–Crippen MR) is 82.3 cm³/mol. The lowest BCUT2D eigenvalue weighted by Gasteiger charge is -2.31. The fourth-order valence-electron chi connectivity index (χ4n) is 2.39. The summed E-state index contributed by atoms with van der Waals surface area (Å²) in [6.07, 6.45) is 6.82. The maximum absolute atomic E-state index is 5.94. The number of piperidine rings is 1. The zero-order valence-corrected chi connectivity index (χ0v) is 12.6. The number of anilines is 1. The Kier molecular flexibility index (Phi) is 5.61. The van der Waals surface area contributed by atoms with Crippen LogP contribution in [0.4, 0.5) is 5.69 Å². The van der Waals surface area contributed by atoms with E-state index in [0.717, 1.165) is 56.9 Å². The molecule has 2 rings (SSSR count). The van der Waals surface area contributed by atoms with Crippen molar-refractivity contribution in [3.63, 3.8) is 0 Å². The van der Waals surface area contributed by atoms with Gasteiger partial charge in [0, 0.05) is 31.7 Å². The number of nitrogens with two attached hydrogens (primary N) is 1. The first-order valence-corrected chi connectivity index (χ1v) is 7.38. The number of hydrogen-bond acceptors (Lipinski definition) is 5. The summed E-state index contributed by atoms with van der Waals surface area (Å²) in [5.41, 5.74) is 7.08. The molecule has 112 valence electrons. The van der Waals surface area contributed by atoms with Crippen LogP contribution in [0.25, 0.3) is 0 Å². The van der Waals surface area contributed by atoms with Crippen molar-refractivity contribution in [2.24, 2.45) is 5.73 Å². The smallest absolute Gasteiger partial charge is 0.139 e. The van der Waals surface area contributed by atoms with Crippen LogP contribution in [0.3, 0.4) is 0 Å². The third-order valence-electron chi connectivity index (χ3n) is 3.62. The van der Waals surface area contributed by atoms with Gasteiger partial charge in [0.2, 0.25) is 0 Å². The average Bonchev–Trinajstić information content (AvgIpc) is 2.44. The van der Waals surface area contributed by atoms with E-state index in [1.54, 1.807) is 6.20 Å². The van der Waals surface area contributed by atoms with E-state index in [-0.39, 0.29) is 0 Å². The van der Waals surface area contributed by atoms with Crippen molar-refractivity contribution in [3.05, 3.63) is 18.5 Å². The first-order chi connectivity index (χ1) is 9.65. The van der Waals surface area contributed by atoms with Gasteiger partial charge in [0.25, 0.3) is 0 Å². The van der Waals surface area contributed by atoms with E-state index in [0.29, 0.717) is 6.04 Å². The molecular weight excluding hydrogens is 252 g/mol. The van der Waals surface area contributed by atoms with Crippen LogP contribution in [0.2, 0.25) is 0 Å². The molecule has 2 heterocycles. The highest BCUT2D eigenvalue weighted by Gasteiger charge is 2.16. The van der Waals surface area contributed by atoms with Crippen LogP contribution < -0.4 is 15.4 Å². The molecule has 5 nitrogen and oxygen atoms in total. The van der Waals surface area contributed by atoms with Crippen LogP contribution >= 0.6 is 0 Å². The fraction of sp³-hybridized carbons (Fsp3) is 0.667. The standard InChI is InChI=1S/C15H26N4O/c1-18(2)6-3-9-20-15-10-14(11-17-12-15)19-7-4-13(16)5-8-19/h10-13H,3-9,16H2,1-2H3. The molecular formula is C15H26N4O. The van der Waals surface area contributed by atoms with E-state index in [4.69, 9.17) is 10.5 Å². The Morgan fingerprint density at radius 2 is 2.10 bits per heavy atom. The van der Waals surface area contributed by atoms with Crippen molar-refractivity contribution in [1.29, 1.82) is 0 Å². The van der Waals surface area contributed by atoms with Crippen LogP contribution in [0.5, 0.6) is 5.75 Å². The number of rotatable bonds is 6. The van der Waals surface area contributed by atoms with Gasteiger partial charge in [-0.15, -0.1) is 0 Å². The Morgan fingerprint density at radius 1 is 1.35 bits per heavy atom. The fourth-order valence-corrected chi connectivity index (χ4v) is 2.39. The quantitative estimate of drug-likeness (QED) is 0.796. The van der Waals surface area contributed by atoms with Gasteiger partial charge in [-0.2, -0.15) is 0 Å². The number of ether oxygens (including phenoxy) is 1. The Balaban J connectivity index is 1.84. The molecule has 5 heteroatoms. The lowest BCUT2D eigenvalue weighted by atomic mass is 10.1. The summed E-state index contributed by atoms with van der Waals surface area (Å²) in [5.74, 6) is 0.858. The summed E-state index contributed by atoms with van der Waals surface area (Å²) in [7, 11) is 4.15. The van der Waals surface area contributed by atoms with Gasteiger partial charge < -0.3 is 20.3 Å². The van der Waals surface area contributed by atoms with Crippen molar-refractivity contribution in [2.75, 3.05) is 45.2 Å². The summed E-state index contributed by atoms with van der Waals surface area (Å²) in [6, 6.07) is 2.43. The predicted octanol–water partition coefficient (Wildman–Crippen LogP) is 1.34. The number of aromatic nitrogens is 1. The van der Waals surface area contributed by atoms with E-state index in [9.17, 15) is 0 Å². The minimum absolute atomic E-state index is 0.352. The molecule has 1 saturated heterocycles. The molecule has 0 unspecified atom stereocenters.